The van der Waals surface area contributed by atoms with Crippen LogP contribution in [0.25, 0.3) is 0 Å². The molecule has 0 aromatic rings. The Morgan fingerprint density at radius 3 is 1.64 bits per heavy atom. The number of hydrogen-bond donors (Lipinski definition) is 0. The molecule has 6 heteroatoms. The summed E-state index contributed by atoms with van der Waals surface area (Å²) >= 11 is 0. The minimum absolute atomic E-state index is 0.801. The predicted octanol–water partition coefficient (Wildman–Crippen LogP) is 1.61. The van der Waals surface area contributed by atoms with E-state index in [0.717, 1.165) is 12.2 Å². The molecule has 0 heterocycles. The van der Waals surface area contributed by atoms with E-state index in [9.17, 15) is 14.2 Å². The van der Waals surface area contributed by atoms with Gasteiger partial charge in [-0.1, -0.05) is 12.2 Å². The third-order valence-corrected chi connectivity index (χ3v) is 1.71. The smallest absolute Gasteiger partial charge is 0.382 e. The van der Waals surface area contributed by atoms with Gasteiger partial charge in [0.25, 0.3) is 0 Å². The van der Waals surface area contributed by atoms with Crippen molar-refractivity contribution in [1.29, 1.82) is 0 Å². The lowest BCUT2D eigenvalue weighted by atomic mass is 10.5. The standard InChI is InChI=1S/C8H11O5P/c1-3-5-7(9)12-14(11)13-8(10)6-4-2/h3-6,14H,1-2H3. The molecule has 0 radical (unpaired) electrons. The maximum Gasteiger partial charge on any atom is 0.423 e. The molecule has 0 atom stereocenters. The Morgan fingerprint density at radius 2 is 1.36 bits per heavy atom. The second kappa shape index (κ2) is 7.09. The highest BCUT2D eigenvalue weighted by Gasteiger charge is 2.08. The maximum absolute atomic E-state index is 10.8. The highest BCUT2D eigenvalue weighted by molar-refractivity contribution is 7.34. The fourth-order valence-corrected chi connectivity index (χ4v) is 1.03. The summed E-state index contributed by atoms with van der Waals surface area (Å²) in [5.41, 5.74) is 0. The lowest BCUT2D eigenvalue weighted by molar-refractivity contribution is -0.132. The van der Waals surface area contributed by atoms with Crippen LogP contribution in [0.2, 0.25) is 0 Å². The minimum atomic E-state index is -3.08. The van der Waals surface area contributed by atoms with Gasteiger partial charge in [-0.2, -0.15) is 0 Å². The monoisotopic (exact) mass is 218 g/mol. The van der Waals surface area contributed by atoms with Gasteiger partial charge in [-0.15, -0.1) is 0 Å². The Bertz CT molecular complexity index is 264. The lowest BCUT2D eigenvalue weighted by Crippen LogP contribution is -1.98. The molecular weight excluding hydrogens is 207 g/mol. The number of allylic oxidation sites excluding steroid dienone is 2. The molecular formula is C8H11O5P. The Labute approximate surface area is 82.3 Å². The fourth-order valence-electron chi connectivity index (χ4n) is 0.525. The topological polar surface area (TPSA) is 69.7 Å². The Kier molecular flexibility index (Phi) is 6.41. The first-order valence-electron chi connectivity index (χ1n) is 3.83. The molecule has 0 aromatic heterocycles. The van der Waals surface area contributed by atoms with Crippen molar-refractivity contribution in [2.45, 2.75) is 13.8 Å². The van der Waals surface area contributed by atoms with Gasteiger partial charge in [-0.3, -0.25) is 0 Å². The molecule has 78 valence electrons. The number of carbonyl (C=O) groups excluding carboxylic acids is 2. The van der Waals surface area contributed by atoms with E-state index in [2.05, 4.69) is 9.05 Å². The third kappa shape index (κ3) is 6.20. The Morgan fingerprint density at radius 1 is 1.00 bits per heavy atom. The van der Waals surface area contributed by atoms with Gasteiger partial charge in [-0.25, -0.2) is 14.2 Å². The SMILES string of the molecule is CC=CC(=O)O[PH](=O)OC(=O)C=CC. The third-order valence-electron chi connectivity index (χ3n) is 0.973. The van der Waals surface area contributed by atoms with Crippen LogP contribution >= 0.6 is 8.25 Å². The Balaban J connectivity index is 3.99. The van der Waals surface area contributed by atoms with Crippen molar-refractivity contribution in [3.05, 3.63) is 24.3 Å². The molecule has 0 saturated carbocycles. The van der Waals surface area contributed by atoms with Crippen LogP contribution in [0.4, 0.5) is 0 Å². The van der Waals surface area contributed by atoms with E-state index in [4.69, 9.17) is 0 Å². The quantitative estimate of drug-likeness (QED) is 0.529. The minimum Gasteiger partial charge on any atom is -0.382 e. The normalized spacial score (nSPS) is 13.0. The molecule has 0 aliphatic rings. The van der Waals surface area contributed by atoms with E-state index >= 15 is 0 Å². The van der Waals surface area contributed by atoms with E-state index in [1.807, 2.05) is 0 Å². The number of carbonyl (C=O) groups is 2. The zero-order valence-electron chi connectivity index (χ0n) is 7.85. The predicted molar refractivity (Wildman–Crippen MR) is 50.8 cm³/mol. The van der Waals surface area contributed by atoms with Gasteiger partial charge < -0.3 is 9.05 Å². The van der Waals surface area contributed by atoms with Crippen LogP contribution in [0.1, 0.15) is 13.8 Å². The molecule has 0 bridgehead atoms. The summed E-state index contributed by atoms with van der Waals surface area (Å²) in [7, 11) is -3.08. The van der Waals surface area contributed by atoms with Gasteiger partial charge in [0, 0.05) is 12.2 Å². The molecule has 0 spiro atoms. The zero-order chi connectivity index (χ0) is 11.0. The summed E-state index contributed by atoms with van der Waals surface area (Å²) < 4.78 is 19.3. The molecule has 14 heavy (non-hydrogen) atoms. The molecule has 0 rings (SSSR count). The molecule has 0 fully saturated rings. The lowest BCUT2D eigenvalue weighted by Gasteiger charge is -2.00. The van der Waals surface area contributed by atoms with Crippen molar-refractivity contribution in [2.24, 2.45) is 0 Å². The van der Waals surface area contributed by atoms with Crippen LogP contribution in [0.15, 0.2) is 24.3 Å². The van der Waals surface area contributed by atoms with Gasteiger partial charge in [0.05, 0.1) is 0 Å². The van der Waals surface area contributed by atoms with Crippen LogP contribution in [-0.4, -0.2) is 11.9 Å². The first-order valence-corrected chi connectivity index (χ1v) is 5.05. The molecule has 0 unspecified atom stereocenters. The van der Waals surface area contributed by atoms with Crippen molar-refractivity contribution in [2.75, 3.05) is 0 Å². The average molecular weight is 218 g/mol. The first-order chi connectivity index (χ1) is 6.60. The molecule has 5 nitrogen and oxygen atoms in total. The average Bonchev–Trinajstić information content (AvgIpc) is 2.03. The van der Waals surface area contributed by atoms with E-state index in [1.165, 1.54) is 12.2 Å². The summed E-state index contributed by atoms with van der Waals surface area (Å²) in [5, 5.41) is 0. The Hall–Kier alpha value is -1.35. The summed E-state index contributed by atoms with van der Waals surface area (Å²) in [6.45, 7) is 3.20. The molecule has 0 aromatic carbocycles. The van der Waals surface area contributed by atoms with Crippen molar-refractivity contribution >= 4 is 20.2 Å². The molecule has 0 amide bonds. The molecule has 0 saturated heterocycles. The van der Waals surface area contributed by atoms with Crippen LogP contribution in [0.3, 0.4) is 0 Å². The summed E-state index contributed by atoms with van der Waals surface area (Å²) in [6, 6.07) is 0. The van der Waals surface area contributed by atoms with E-state index in [1.54, 1.807) is 13.8 Å². The van der Waals surface area contributed by atoms with Crippen LogP contribution in [-0.2, 0) is 23.2 Å². The van der Waals surface area contributed by atoms with Crippen molar-refractivity contribution in [3.8, 4) is 0 Å². The summed E-state index contributed by atoms with van der Waals surface area (Å²) in [4.78, 5) is 21.4. The van der Waals surface area contributed by atoms with Gasteiger partial charge in [0.15, 0.2) is 0 Å². The van der Waals surface area contributed by atoms with Crippen molar-refractivity contribution in [1.82, 2.24) is 0 Å². The van der Waals surface area contributed by atoms with Crippen LogP contribution in [0, 0.1) is 0 Å². The van der Waals surface area contributed by atoms with Gasteiger partial charge >= 0.3 is 20.2 Å². The van der Waals surface area contributed by atoms with Gasteiger partial charge in [0.1, 0.15) is 0 Å². The summed E-state index contributed by atoms with van der Waals surface area (Å²) in [5.74, 6) is -1.60. The number of rotatable bonds is 4. The van der Waals surface area contributed by atoms with E-state index in [0.29, 0.717) is 0 Å². The zero-order valence-corrected chi connectivity index (χ0v) is 8.85. The fraction of sp³-hybridized carbons (Fsp3) is 0.250. The van der Waals surface area contributed by atoms with E-state index in [-0.39, 0.29) is 0 Å². The highest BCUT2D eigenvalue weighted by Crippen LogP contribution is 2.24. The first kappa shape index (κ1) is 12.7. The molecule has 0 N–H and O–H groups in total. The highest BCUT2D eigenvalue weighted by atomic mass is 31.1. The van der Waals surface area contributed by atoms with Crippen LogP contribution in [0.5, 0.6) is 0 Å². The number of hydrogen-bond acceptors (Lipinski definition) is 5. The van der Waals surface area contributed by atoms with Gasteiger partial charge in [0.2, 0.25) is 0 Å². The van der Waals surface area contributed by atoms with Crippen molar-refractivity contribution < 1.29 is 23.2 Å². The second-order valence-electron chi connectivity index (χ2n) is 2.09. The second-order valence-corrected chi connectivity index (χ2v) is 3.00. The van der Waals surface area contributed by atoms with Gasteiger partial charge in [-0.05, 0) is 13.8 Å². The maximum atomic E-state index is 10.8. The van der Waals surface area contributed by atoms with Crippen molar-refractivity contribution in [3.63, 3.8) is 0 Å². The largest absolute Gasteiger partial charge is 0.423 e. The van der Waals surface area contributed by atoms with Crippen LogP contribution < -0.4 is 0 Å². The van der Waals surface area contributed by atoms with E-state index < -0.39 is 20.2 Å². The molecule has 0 aliphatic heterocycles. The summed E-state index contributed by atoms with van der Waals surface area (Å²) in [6.07, 6.45) is 4.99. The molecule has 0 aliphatic carbocycles.